The van der Waals surface area contributed by atoms with Gasteiger partial charge >= 0.3 is 0 Å². The normalized spacial score (nSPS) is 39.6. The summed E-state index contributed by atoms with van der Waals surface area (Å²) in [4.78, 5) is 0. The minimum Gasteiger partial charge on any atom is -0.316 e. The summed E-state index contributed by atoms with van der Waals surface area (Å²) in [7, 11) is 0. The maximum absolute atomic E-state index is 3.46. The zero-order chi connectivity index (χ0) is 9.76. The quantitative estimate of drug-likeness (QED) is 0.710. The minimum absolute atomic E-state index is 0.483. The maximum atomic E-state index is 3.46. The molecular formula is C13H17N. The van der Waals surface area contributed by atoms with Crippen LogP contribution in [-0.2, 0) is 5.41 Å². The second kappa shape index (κ2) is 2.60. The Hall–Kier alpha value is -0.820. The Morgan fingerprint density at radius 1 is 1.29 bits per heavy atom. The van der Waals surface area contributed by atoms with Crippen LogP contribution >= 0.6 is 0 Å². The standard InChI is InChI=1S/C13H17N/c1-9-4-3-5-10(6-9)13(2)11-7-14-8-12(11)13/h3-6,11-12,14H,7-8H2,1-2H3. The molecule has 1 heterocycles. The van der Waals surface area contributed by atoms with Crippen molar-refractivity contribution in [2.45, 2.75) is 19.3 Å². The second-order valence-corrected chi connectivity index (χ2v) is 5.02. The van der Waals surface area contributed by atoms with E-state index in [0.29, 0.717) is 5.41 Å². The Bertz CT molecular complexity index is 359. The highest BCUT2D eigenvalue weighted by Gasteiger charge is 2.63. The number of fused-ring (bicyclic) bond motifs is 1. The van der Waals surface area contributed by atoms with Crippen molar-refractivity contribution in [3.63, 3.8) is 0 Å². The van der Waals surface area contributed by atoms with E-state index in [4.69, 9.17) is 0 Å². The number of benzene rings is 1. The molecule has 2 fully saturated rings. The van der Waals surface area contributed by atoms with Crippen LogP contribution in [0, 0.1) is 18.8 Å². The van der Waals surface area contributed by atoms with E-state index < -0.39 is 0 Å². The first kappa shape index (κ1) is 8.49. The Labute approximate surface area is 85.5 Å². The molecule has 3 rings (SSSR count). The number of hydrogen-bond acceptors (Lipinski definition) is 1. The zero-order valence-electron chi connectivity index (χ0n) is 8.88. The number of piperidine rings is 1. The predicted octanol–water partition coefficient (Wildman–Crippen LogP) is 2.10. The van der Waals surface area contributed by atoms with E-state index in [1.54, 1.807) is 5.56 Å². The first-order valence-corrected chi connectivity index (χ1v) is 5.51. The molecule has 1 aromatic carbocycles. The van der Waals surface area contributed by atoms with Crippen molar-refractivity contribution in [1.82, 2.24) is 5.32 Å². The molecule has 1 aliphatic carbocycles. The van der Waals surface area contributed by atoms with Crippen LogP contribution in [-0.4, -0.2) is 13.1 Å². The molecule has 1 aromatic rings. The van der Waals surface area contributed by atoms with Gasteiger partial charge in [0.15, 0.2) is 0 Å². The van der Waals surface area contributed by atoms with Crippen molar-refractivity contribution in [2.75, 3.05) is 13.1 Å². The fraction of sp³-hybridized carbons (Fsp3) is 0.538. The average Bonchev–Trinajstić information content (AvgIpc) is 2.62. The SMILES string of the molecule is Cc1cccc(C2(C)C3CNCC32)c1. The molecule has 0 aromatic heterocycles. The number of aryl methyl sites for hydroxylation is 1. The van der Waals surface area contributed by atoms with Gasteiger partial charge in [-0.2, -0.15) is 0 Å². The minimum atomic E-state index is 0.483. The van der Waals surface area contributed by atoms with Gasteiger partial charge in [-0.25, -0.2) is 0 Å². The molecule has 14 heavy (non-hydrogen) atoms. The van der Waals surface area contributed by atoms with E-state index >= 15 is 0 Å². The lowest BCUT2D eigenvalue weighted by Gasteiger charge is -2.16. The smallest absolute Gasteiger partial charge is 0.00123 e. The summed E-state index contributed by atoms with van der Waals surface area (Å²) in [5.74, 6) is 1.79. The molecule has 0 bridgehead atoms. The Morgan fingerprint density at radius 2 is 2.00 bits per heavy atom. The Morgan fingerprint density at radius 3 is 2.64 bits per heavy atom. The van der Waals surface area contributed by atoms with Gasteiger partial charge in [0.25, 0.3) is 0 Å². The van der Waals surface area contributed by atoms with Crippen LogP contribution < -0.4 is 5.32 Å². The molecule has 0 radical (unpaired) electrons. The molecule has 0 amide bonds. The summed E-state index contributed by atoms with van der Waals surface area (Å²) in [6.07, 6.45) is 0. The van der Waals surface area contributed by atoms with Crippen molar-refractivity contribution in [3.05, 3.63) is 35.4 Å². The summed E-state index contributed by atoms with van der Waals surface area (Å²) in [5.41, 5.74) is 3.42. The molecule has 74 valence electrons. The van der Waals surface area contributed by atoms with Crippen molar-refractivity contribution < 1.29 is 0 Å². The zero-order valence-corrected chi connectivity index (χ0v) is 8.88. The van der Waals surface area contributed by atoms with Gasteiger partial charge in [0.05, 0.1) is 0 Å². The van der Waals surface area contributed by atoms with E-state index in [0.717, 1.165) is 11.8 Å². The van der Waals surface area contributed by atoms with Gasteiger partial charge in [0, 0.05) is 5.41 Å². The maximum Gasteiger partial charge on any atom is 0.00123 e. The van der Waals surface area contributed by atoms with Crippen molar-refractivity contribution in [3.8, 4) is 0 Å². The predicted molar refractivity (Wildman–Crippen MR) is 58.4 cm³/mol. The first-order chi connectivity index (χ1) is 6.73. The third kappa shape index (κ3) is 0.936. The molecule has 1 aliphatic heterocycles. The fourth-order valence-electron chi connectivity index (χ4n) is 3.21. The summed E-state index contributed by atoms with van der Waals surface area (Å²) < 4.78 is 0. The molecule has 1 heteroatoms. The van der Waals surface area contributed by atoms with Gasteiger partial charge in [-0.3, -0.25) is 0 Å². The van der Waals surface area contributed by atoms with Gasteiger partial charge in [0.2, 0.25) is 0 Å². The molecule has 1 nitrogen and oxygen atoms in total. The third-order valence-corrected chi connectivity index (χ3v) is 4.29. The summed E-state index contributed by atoms with van der Waals surface area (Å²) in [6, 6.07) is 9.03. The van der Waals surface area contributed by atoms with E-state index in [9.17, 15) is 0 Å². The highest BCUT2D eigenvalue weighted by atomic mass is 15.0. The topological polar surface area (TPSA) is 12.0 Å². The lowest BCUT2D eigenvalue weighted by atomic mass is 9.91. The molecule has 0 spiro atoms. The number of rotatable bonds is 1. The van der Waals surface area contributed by atoms with Gasteiger partial charge in [-0.15, -0.1) is 0 Å². The lowest BCUT2D eigenvalue weighted by Crippen LogP contribution is -2.22. The lowest BCUT2D eigenvalue weighted by molar-refractivity contribution is 0.558. The first-order valence-electron chi connectivity index (χ1n) is 5.51. The van der Waals surface area contributed by atoms with Crippen LogP contribution in [0.2, 0.25) is 0 Å². The molecule has 1 saturated heterocycles. The second-order valence-electron chi connectivity index (χ2n) is 5.02. The largest absolute Gasteiger partial charge is 0.316 e. The van der Waals surface area contributed by atoms with Crippen molar-refractivity contribution in [1.29, 1.82) is 0 Å². The van der Waals surface area contributed by atoms with Crippen molar-refractivity contribution >= 4 is 0 Å². The highest BCUT2D eigenvalue weighted by molar-refractivity contribution is 5.39. The summed E-state index contributed by atoms with van der Waals surface area (Å²) in [6.45, 7) is 7.05. The van der Waals surface area contributed by atoms with Crippen LogP contribution in [0.1, 0.15) is 18.1 Å². The Balaban J connectivity index is 1.97. The molecule has 1 saturated carbocycles. The van der Waals surface area contributed by atoms with Gasteiger partial charge in [-0.05, 0) is 37.4 Å². The van der Waals surface area contributed by atoms with E-state index in [-0.39, 0.29) is 0 Å². The summed E-state index contributed by atoms with van der Waals surface area (Å²) in [5, 5.41) is 3.46. The van der Waals surface area contributed by atoms with E-state index in [1.807, 2.05) is 0 Å². The molecule has 2 atom stereocenters. The monoisotopic (exact) mass is 187 g/mol. The Kier molecular flexibility index (Phi) is 1.58. The van der Waals surface area contributed by atoms with Crippen LogP contribution in [0.3, 0.4) is 0 Å². The van der Waals surface area contributed by atoms with Crippen LogP contribution in [0.5, 0.6) is 0 Å². The number of nitrogens with one attached hydrogen (secondary N) is 1. The van der Waals surface area contributed by atoms with Crippen molar-refractivity contribution in [2.24, 2.45) is 11.8 Å². The van der Waals surface area contributed by atoms with Crippen LogP contribution in [0.4, 0.5) is 0 Å². The van der Waals surface area contributed by atoms with Crippen LogP contribution in [0.15, 0.2) is 24.3 Å². The summed E-state index contributed by atoms with van der Waals surface area (Å²) >= 11 is 0. The van der Waals surface area contributed by atoms with Crippen LogP contribution in [0.25, 0.3) is 0 Å². The average molecular weight is 187 g/mol. The molecule has 2 aliphatic rings. The fourth-order valence-corrected chi connectivity index (χ4v) is 3.21. The van der Waals surface area contributed by atoms with Gasteiger partial charge in [-0.1, -0.05) is 36.8 Å². The molecule has 1 N–H and O–H groups in total. The molecule has 2 unspecified atom stereocenters. The third-order valence-electron chi connectivity index (χ3n) is 4.29. The van der Waals surface area contributed by atoms with E-state index in [1.165, 1.54) is 18.7 Å². The molecular weight excluding hydrogens is 170 g/mol. The number of hydrogen-bond donors (Lipinski definition) is 1. The highest BCUT2D eigenvalue weighted by Crippen LogP contribution is 2.61. The van der Waals surface area contributed by atoms with Gasteiger partial charge < -0.3 is 5.32 Å². The van der Waals surface area contributed by atoms with Gasteiger partial charge in [0.1, 0.15) is 0 Å². The van der Waals surface area contributed by atoms with E-state index in [2.05, 4.69) is 43.4 Å².